The van der Waals surface area contributed by atoms with Gasteiger partial charge >= 0.3 is 6.18 Å². The number of hydrazone groups is 1. The van der Waals surface area contributed by atoms with Gasteiger partial charge < -0.3 is 10.2 Å². The van der Waals surface area contributed by atoms with Crippen molar-refractivity contribution in [2.24, 2.45) is 5.10 Å². The highest BCUT2D eigenvalue weighted by molar-refractivity contribution is 7.14. The molecule has 0 saturated heterocycles. The molecule has 0 aliphatic carbocycles. The van der Waals surface area contributed by atoms with E-state index in [9.17, 15) is 23.4 Å². The number of halogens is 3. The summed E-state index contributed by atoms with van der Waals surface area (Å²) in [6.45, 7) is 0. The summed E-state index contributed by atoms with van der Waals surface area (Å²) < 4.78 is 42.0. The number of phenols is 1. The van der Waals surface area contributed by atoms with Crippen molar-refractivity contribution in [3.05, 3.63) is 77.7 Å². The molecule has 1 aliphatic heterocycles. The number of benzene rings is 3. The fourth-order valence-corrected chi connectivity index (χ4v) is 4.51. The third-order valence-corrected chi connectivity index (χ3v) is 6.15. The number of aromatic nitrogens is 1. The van der Waals surface area contributed by atoms with Crippen molar-refractivity contribution < 1.29 is 23.4 Å². The normalized spacial score (nSPS) is 18.9. The Morgan fingerprint density at radius 3 is 2.47 bits per heavy atom. The van der Waals surface area contributed by atoms with Gasteiger partial charge in [0.1, 0.15) is 5.75 Å². The lowest BCUT2D eigenvalue weighted by molar-refractivity contribution is -0.254. The zero-order valence-corrected chi connectivity index (χ0v) is 17.2. The van der Waals surface area contributed by atoms with E-state index in [1.165, 1.54) is 12.1 Å². The minimum Gasteiger partial charge on any atom is -0.508 e. The van der Waals surface area contributed by atoms with Gasteiger partial charge in [-0.15, -0.1) is 11.3 Å². The lowest BCUT2D eigenvalue weighted by atomic mass is 9.98. The van der Waals surface area contributed by atoms with Crippen molar-refractivity contribution in [3.63, 3.8) is 0 Å². The molecule has 9 heteroatoms. The molecule has 0 unspecified atom stereocenters. The molecule has 1 aliphatic rings. The standard InChI is InChI=1S/C23H16F3N3O2S/c24-23(25,26)22(31)12-19(17-9-8-14-4-1-2-5-15(14)10-17)28-29(22)21-27-20(13-32-21)16-6-3-7-18(30)11-16/h1-11,13,30-31H,12H2/t22-/m1/s1. The van der Waals surface area contributed by atoms with Crippen LogP contribution in [0.15, 0.2) is 77.2 Å². The molecule has 3 aromatic carbocycles. The third-order valence-electron chi connectivity index (χ3n) is 5.34. The van der Waals surface area contributed by atoms with Crippen molar-refractivity contribution in [1.29, 1.82) is 0 Å². The number of hydrogen-bond acceptors (Lipinski definition) is 6. The predicted octanol–water partition coefficient (Wildman–Crippen LogP) is 5.53. The molecule has 0 fully saturated rings. The number of anilines is 1. The second kappa shape index (κ2) is 7.32. The molecule has 0 amide bonds. The van der Waals surface area contributed by atoms with E-state index in [4.69, 9.17) is 0 Å². The van der Waals surface area contributed by atoms with Gasteiger partial charge in [-0.1, -0.05) is 48.5 Å². The SMILES string of the molecule is Oc1cccc(-c2csc(N3N=C(c4ccc5ccccc5c4)C[C@@]3(O)C(F)(F)F)n2)c1. The van der Waals surface area contributed by atoms with Crippen LogP contribution in [0.2, 0.25) is 0 Å². The number of rotatable bonds is 3. The molecular weight excluding hydrogens is 439 g/mol. The molecule has 2 heterocycles. The first-order valence-electron chi connectivity index (χ1n) is 9.65. The van der Waals surface area contributed by atoms with Gasteiger partial charge in [-0.25, -0.2) is 4.98 Å². The number of aliphatic hydroxyl groups is 1. The number of phenolic OH excluding ortho intramolecular Hbond substituents is 1. The van der Waals surface area contributed by atoms with E-state index in [-0.39, 0.29) is 16.6 Å². The number of hydrogen-bond donors (Lipinski definition) is 2. The van der Waals surface area contributed by atoms with Crippen LogP contribution in [-0.2, 0) is 0 Å². The van der Waals surface area contributed by atoms with E-state index in [0.717, 1.165) is 22.1 Å². The molecule has 1 aromatic heterocycles. The van der Waals surface area contributed by atoms with Gasteiger partial charge in [0.25, 0.3) is 5.72 Å². The number of fused-ring (bicyclic) bond motifs is 1. The van der Waals surface area contributed by atoms with Gasteiger partial charge in [0.15, 0.2) is 0 Å². The highest BCUT2D eigenvalue weighted by Crippen LogP contribution is 2.45. The summed E-state index contributed by atoms with van der Waals surface area (Å²) in [6, 6.07) is 19.0. The highest BCUT2D eigenvalue weighted by Gasteiger charge is 2.62. The Kier molecular flexibility index (Phi) is 4.68. The molecule has 0 spiro atoms. The molecule has 5 nitrogen and oxygen atoms in total. The van der Waals surface area contributed by atoms with E-state index < -0.39 is 18.3 Å². The topological polar surface area (TPSA) is 69.0 Å². The molecular formula is C23H16F3N3O2S. The number of alkyl halides is 3. The van der Waals surface area contributed by atoms with Crippen LogP contribution in [0.1, 0.15) is 12.0 Å². The Bertz CT molecular complexity index is 1350. The van der Waals surface area contributed by atoms with Gasteiger partial charge in [0, 0.05) is 10.9 Å². The molecule has 32 heavy (non-hydrogen) atoms. The largest absolute Gasteiger partial charge is 0.508 e. The first-order valence-corrected chi connectivity index (χ1v) is 10.5. The summed E-state index contributed by atoms with van der Waals surface area (Å²) >= 11 is 0.932. The van der Waals surface area contributed by atoms with Crippen molar-refractivity contribution >= 4 is 33.0 Å². The number of aromatic hydroxyl groups is 1. The molecule has 0 bridgehead atoms. The second-order valence-electron chi connectivity index (χ2n) is 7.48. The lowest BCUT2D eigenvalue weighted by Gasteiger charge is -2.32. The van der Waals surface area contributed by atoms with Crippen molar-refractivity contribution in [3.8, 4) is 17.0 Å². The second-order valence-corrected chi connectivity index (χ2v) is 8.31. The van der Waals surface area contributed by atoms with Crippen molar-refractivity contribution in [1.82, 2.24) is 4.98 Å². The minimum absolute atomic E-state index is 0.0154. The fourth-order valence-electron chi connectivity index (χ4n) is 3.66. The van der Waals surface area contributed by atoms with Crippen LogP contribution < -0.4 is 5.01 Å². The minimum atomic E-state index is -4.97. The molecule has 1 atom stereocenters. The smallest absolute Gasteiger partial charge is 0.438 e. The number of thiazole rings is 1. The monoisotopic (exact) mass is 455 g/mol. The zero-order valence-electron chi connectivity index (χ0n) is 16.4. The van der Waals surface area contributed by atoms with Gasteiger partial charge in [-0.05, 0) is 34.5 Å². The Hall–Kier alpha value is -3.43. The molecule has 2 N–H and O–H groups in total. The summed E-state index contributed by atoms with van der Waals surface area (Å²) in [5, 5.41) is 28.4. The summed E-state index contributed by atoms with van der Waals surface area (Å²) in [5.74, 6) is 0.0154. The van der Waals surface area contributed by atoms with Crippen LogP contribution in [0.25, 0.3) is 22.0 Å². The maximum atomic E-state index is 14.0. The summed E-state index contributed by atoms with van der Waals surface area (Å²) in [7, 11) is 0. The molecule has 162 valence electrons. The van der Waals surface area contributed by atoms with Crippen LogP contribution in [0, 0.1) is 0 Å². The van der Waals surface area contributed by atoms with Crippen LogP contribution in [0.4, 0.5) is 18.3 Å². The van der Waals surface area contributed by atoms with E-state index in [1.807, 2.05) is 30.3 Å². The average Bonchev–Trinajstić information content (AvgIpc) is 3.38. The Balaban J connectivity index is 1.57. The van der Waals surface area contributed by atoms with Crippen LogP contribution in [0.3, 0.4) is 0 Å². The molecule has 0 saturated carbocycles. The first-order chi connectivity index (χ1) is 15.2. The quantitative estimate of drug-likeness (QED) is 0.426. The van der Waals surface area contributed by atoms with Gasteiger partial charge in [0.2, 0.25) is 5.13 Å². The zero-order chi connectivity index (χ0) is 22.5. The maximum absolute atomic E-state index is 14.0. The van der Waals surface area contributed by atoms with E-state index in [1.54, 1.807) is 29.6 Å². The fraction of sp³-hybridized carbons (Fsp3) is 0.130. The van der Waals surface area contributed by atoms with Gasteiger partial charge in [-0.2, -0.15) is 23.3 Å². The predicted molar refractivity (Wildman–Crippen MR) is 118 cm³/mol. The van der Waals surface area contributed by atoms with E-state index >= 15 is 0 Å². The number of nitrogens with zero attached hydrogens (tertiary/aromatic N) is 3. The Morgan fingerprint density at radius 2 is 1.72 bits per heavy atom. The van der Waals surface area contributed by atoms with E-state index in [0.29, 0.717) is 21.8 Å². The van der Waals surface area contributed by atoms with Crippen LogP contribution in [-0.4, -0.2) is 32.8 Å². The highest BCUT2D eigenvalue weighted by atomic mass is 32.1. The van der Waals surface area contributed by atoms with Crippen molar-refractivity contribution in [2.45, 2.75) is 18.3 Å². The van der Waals surface area contributed by atoms with Gasteiger partial charge in [0.05, 0.1) is 17.8 Å². The lowest BCUT2D eigenvalue weighted by Crippen LogP contribution is -2.55. The third kappa shape index (κ3) is 3.39. The Morgan fingerprint density at radius 1 is 0.938 bits per heavy atom. The maximum Gasteiger partial charge on any atom is 0.438 e. The Labute approximate surface area is 184 Å². The molecule has 0 radical (unpaired) electrons. The van der Waals surface area contributed by atoms with Crippen LogP contribution in [0.5, 0.6) is 5.75 Å². The summed E-state index contributed by atoms with van der Waals surface area (Å²) in [6.07, 6.45) is -5.69. The summed E-state index contributed by atoms with van der Waals surface area (Å²) in [4.78, 5) is 4.26. The van der Waals surface area contributed by atoms with Gasteiger partial charge in [-0.3, -0.25) is 0 Å². The van der Waals surface area contributed by atoms with Crippen molar-refractivity contribution in [2.75, 3.05) is 5.01 Å². The summed E-state index contributed by atoms with van der Waals surface area (Å²) in [5.41, 5.74) is -1.69. The first kappa shape index (κ1) is 20.5. The average molecular weight is 455 g/mol. The van der Waals surface area contributed by atoms with Crippen LogP contribution >= 0.6 is 11.3 Å². The van der Waals surface area contributed by atoms with E-state index in [2.05, 4.69) is 10.1 Å². The molecule has 5 rings (SSSR count). The molecule has 4 aromatic rings.